The highest BCUT2D eigenvalue weighted by Gasteiger charge is 2.44. The Morgan fingerprint density at radius 2 is 1.72 bits per heavy atom. The molecule has 36 heavy (non-hydrogen) atoms. The highest BCUT2D eigenvalue weighted by atomic mass is 16.5. The van der Waals surface area contributed by atoms with E-state index in [0.717, 1.165) is 5.56 Å². The molecule has 1 aliphatic heterocycles. The summed E-state index contributed by atoms with van der Waals surface area (Å²) < 4.78 is 10.5. The number of esters is 1. The van der Waals surface area contributed by atoms with Crippen molar-refractivity contribution in [2.75, 3.05) is 18.6 Å². The summed E-state index contributed by atoms with van der Waals surface area (Å²) in [5, 5.41) is 10.9. The van der Waals surface area contributed by atoms with Gasteiger partial charge in [0.1, 0.15) is 5.75 Å². The number of Topliss-reactive ketones (excluding diaryl/α,β-unsaturated/α-hetero) is 1. The van der Waals surface area contributed by atoms with Crippen LogP contribution in [0.3, 0.4) is 0 Å². The number of ether oxygens (including phenoxy) is 2. The summed E-state index contributed by atoms with van der Waals surface area (Å²) in [6.07, 6.45) is 0.585. The molecule has 0 bridgehead atoms. The van der Waals surface area contributed by atoms with Gasteiger partial charge in [-0.2, -0.15) is 0 Å². The number of aliphatic hydroxyl groups is 1. The van der Waals surface area contributed by atoms with Gasteiger partial charge in [0, 0.05) is 12.1 Å². The molecule has 1 heterocycles. The highest BCUT2D eigenvalue weighted by molar-refractivity contribution is 6.16. The van der Waals surface area contributed by atoms with E-state index in [4.69, 9.17) is 9.47 Å². The summed E-state index contributed by atoms with van der Waals surface area (Å²) in [7, 11) is 1.53. The van der Waals surface area contributed by atoms with Gasteiger partial charge in [0.05, 0.1) is 30.9 Å². The second-order valence-electron chi connectivity index (χ2n) is 8.30. The van der Waals surface area contributed by atoms with Gasteiger partial charge in [-0.1, -0.05) is 48.5 Å². The fourth-order valence-corrected chi connectivity index (χ4v) is 4.32. The lowest BCUT2D eigenvalue weighted by Gasteiger charge is -2.27. The average Bonchev–Trinajstić information content (AvgIpc) is 3.18. The quantitative estimate of drug-likeness (QED) is 0.430. The number of benzene rings is 3. The summed E-state index contributed by atoms with van der Waals surface area (Å²) in [4.78, 5) is 40.5. The molecular formula is C29H27NO6. The largest absolute Gasteiger partial charge is 0.503 e. The molecule has 0 fully saturated rings. The first-order chi connectivity index (χ1) is 17.4. The number of hydrogen-bond donors (Lipinski definition) is 1. The fourth-order valence-electron chi connectivity index (χ4n) is 4.32. The van der Waals surface area contributed by atoms with Crippen LogP contribution in [0.4, 0.5) is 5.69 Å². The van der Waals surface area contributed by atoms with Crippen molar-refractivity contribution >= 4 is 23.3 Å². The molecule has 1 aliphatic rings. The predicted molar refractivity (Wildman–Crippen MR) is 135 cm³/mol. The van der Waals surface area contributed by atoms with Gasteiger partial charge < -0.3 is 14.6 Å². The van der Waals surface area contributed by atoms with Crippen LogP contribution >= 0.6 is 0 Å². The van der Waals surface area contributed by atoms with Crippen molar-refractivity contribution in [2.24, 2.45) is 0 Å². The Bertz CT molecular complexity index is 1310. The van der Waals surface area contributed by atoms with Gasteiger partial charge in [0.25, 0.3) is 5.91 Å². The molecule has 184 valence electrons. The Balaban J connectivity index is 1.75. The van der Waals surface area contributed by atoms with Crippen LogP contribution in [0.15, 0.2) is 90.2 Å². The van der Waals surface area contributed by atoms with Gasteiger partial charge in [0.2, 0.25) is 0 Å². The monoisotopic (exact) mass is 485 g/mol. The Hall–Kier alpha value is -4.39. The average molecular weight is 486 g/mol. The first-order valence-electron chi connectivity index (χ1n) is 11.7. The summed E-state index contributed by atoms with van der Waals surface area (Å²) >= 11 is 0. The molecule has 0 saturated heterocycles. The van der Waals surface area contributed by atoms with Gasteiger partial charge in [-0.15, -0.1) is 0 Å². The fraction of sp³-hybridized carbons (Fsp3) is 0.207. The Kier molecular flexibility index (Phi) is 7.49. The number of rotatable bonds is 9. The van der Waals surface area contributed by atoms with Crippen molar-refractivity contribution < 1.29 is 29.0 Å². The highest BCUT2D eigenvalue weighted by Crippen LogP contribution is 2.42. The van der Waals surface area contributed by atoms with Crippen LogP contribution < -0.4 is 9.64 Å². The molecule has 1 N–H and O–H groups in total. The predicted octanol–water partition coefficient (Wildman–Crippen LogP) is 4.97. The number of ketones is 1. The van der Waals surface area contributed by atoms with Crippen molar-refractivity contribution in [1.29, 1.82) is 0 Å². The minimum atomic E-state index is -0.895. The third-order valence-corrected chi connectivity index (χ3v) is 6.04. The van der Waals surface area contributed by atoms with Crippen LogP contribution in [0, 0.1) is 0 Å². The third-order valence-electron chi connectivity index (χ3n) is 6.04. The number of aryl methyl sites for hydroxylation is 1. The molecule has 0 radical (unpaired) electrons. The van der Waals surface area contributed by atoms with E-state index in [2.05, 4.69) is 0 Å². The summed E-state index contributed by atoms with van der Waals surface area (Å²) in [5.74, 6) is -1.63. The maximum atomic E-state index is 13.4. The molecule has 0 aromatic heterocycles. The lowest BCUT2D eigenvalue weighted by Crippen LogP contribution is -2.31. The number of carbonyl (C=O) groups is 3. The Morgan fingerprint density at radius 3 is 2.44 bits per heavy atom. The number of hydrogen-bond acceptors (Lipinski definition) is 6. The zero-order valence-corrected chi connectivity index (χ0v) is 20.1. The molecule has 4 rings (SSSR count). The van der Waals surface area contributed by atoms with E-state index in [9.17, 15) is 19.5 Å². The van der Waals surface area contributed by atoms with Crippen molar-refractivity contribution in [3.05, 3.63) is 107 Å². The smallest absolute Gasteiger partial charge is 0.338 e. The van der Waals surface area contributed by atoms with Crippen LogP contribution in [0.25, 0.3) is 0 Å². The molecule has 7 nitrogen and oxygen atoms in total. The second kappa shape index (κ2) is 10.9. The third kappa shape index (κ3) is 5.00. The lowest BCUT2D eigenvalue weighted by atomic mass is 9.93. The zero-order chi connectivity index (χ0) is 25.7. The first-order valence-corrected chi connectivity index (χ1v) is 11.7. The number of aliphatic hydroxyl groups excluding tert-OH is 1. The van der Waals surface area contributed by atoms with E-state index in [-0.39, 0.29) is 29.9 Å². The second-order valence-corrected chi connectivity index (χ2v) is 8.30. The molecule has 0 spiro atoms. The molecule has 1 unspecified atom stereocenters. The summed E-state index contributed by atoms with van der Waals surface area (Å²) in [6.45, 7) is 1.92. The Labute approximate surface area is 209 Å². The van der Waals surface area contributed by atoms with Crippen molar-refractivity contribution in [1.82, 2.24) is 0 Å². The van der Waals surface area contributed by atoms with Crippen molar-refractivity contribution in [3.63, 3.8) is 0 Å². The van der Waals surface area contributed by atoms with Crippen molar-refractivity contribution in [3.8, 4) is 5.75 Å². The van der Waals surface area contributed by atoms with Gasteiger partial charge in [-0.3, -0.25) is 14.5 Å². The maximum absolute atomic E-state index is 13.4. The SMILES string of the molecule is CCOC(=O)c1cccc(N2C(=O)C(O)=C(C(=O)CCc3ccccc3)C2c2cccc(OC)c2)c1. The number of amides is 1. The minimum Gasteiger partial charge on any atom is -0.503 e. The molecule has 7 heteroatoms. The summed E-state index contributed by atoms with van der Waals surface area (Å²) in [5.41, 5.74) is 2.21. The first kappa shape index (κ1) is 24.7. The van der Waals surface area contributed by atoms with Gasteiger partial charge in [0.15, 0.2) is 11.5 Å². The minimum absolute atomic E-state index is 0.0192. The molecule has 1 amide bonds. The Morgan fingerprint density at radius 1 is 0.972 bits per heavy atom. The van der Waals surface area contributed by atoms with E-state index >= 15 is 0 Å². The molecule has 0 aliphatic carbocycles. The van der Waals surface area contributed by atoms with Crippen LogP contribution in [0.5, 0.6) is 5.75 Å². The molecule has 3 aromatic rings. The van der Waals surface area contributed by atoms with Crippen LogP contribution in [0.2, 0.25) is 0 Å². The van der Waals surface area contributed by atoms with E-state index in [1.54, 1.807) is 49.4 Å². The maximum Gasteiger partial charge on any atom is 0.338 e. The molecular weight excluding hydrogens is 458 g/mol. The molecule has 1 atom stereocenters. The summed E-state index contributed by atoms with van der Waals surface area (Å²) in [6, 6.07) is 22.0. The van der Waals surface area contributed by atoms with Crippen LogP contribution in [0.1, 0.15) is 40.9 Å². The van der Waals surface area contributed by atoms with E-state index in [1.165, 1.54) is 18.1 Å². The van der Waals surface area contributed by atoms with Crippen LogP contribution in [-0.2, 0) is 20.7 Å². The van der Waals surface area contributed by atoms with Crippen molar-refractivity contribution in [2.45, 2.75) is 25.8 Å². The van der Waals surface area contributed by atoms with E-state index < -0.39 is 23.7 Å². The van der Waals surface area contributed by atoms with Gasteiger partial charge in [-0.05, 0) is 54.8 Å². The van der Waals surface area contributed by atoms with E-state index in [1.807, 2.05) is 30.3 Å². The zero-order valence-electron chi connectivity index (χ0n) is 20.1. The number of carbonyl (C=O) groups excluding carboxylic acids is 3. The number of nitrogens with zero attached hydrogens (tertiary/aromatic N) is 1. The number of anilines is 1. The molecule has 0 saturated carbocycles. The lowest BCUT2D eigenvalue weighted by molar-refractivity contribution is -0.118. The van der Waals surface area contributed by atoms with Crippen LogP contribution in [-0.4, -0.2) is 36.5 Å². The normalized spacial score (nSPS) is 15.2. The molecule has 3 aromatic carbocycles. The van der Waals surface area contributed by atoms with E-state index in [0.29, 0.717) is 23.4 Å². The van der Waals surface area contributed by atoms with Gasteiger partial charge in [-0.25, -0.2) is 4.79 Å². The van der Waals surface area contributed by atoms with Gasteiger partial charge >= 0.3 is 5.97 Å². The topological polar surface area (TPSA) is 93.1 Å². The number of methoxy groups -OCH3 is 1. The standard InChI is InChI=1S/C29H27NO6/c1-3-36-29(34)21-12-7-13-22(17-21)30-26(20-11-8-14-23(18-20)35-2)25(27(32)28(30)33)24(31)16-15-19-9-5-4-6-10-19/h4-14,17-18,26,32H,3,15-16H2,1-2H3.